The molecule has 0 bridgehead atoms. The van der Waals surface area contributed by atoms with Gasteiger partial charge in [0.15, 0.2) is 0 Å². The molecule has 0 rings (SSSR count). The molecule has 0 aliphatic rings. The molecule has 1 radical (unpaired) electrons. The summed E-state index contributed by atoms with van der Waals surface area (Å²) in [4.78, 5) is 23.8. The molecule has 0 fully saturated rings. The molecule has 0 aliphatic carbocycles. The molecule has 27 heavy (non-hydrogen) atoms. The Labute approximate surface area is 188 Å². The summed E-state index contributed by atoms with van der Waals surface area (Å²) in [5, 5.41) is -0.850. The first kappa shape index (κ1) is 27.5. The van der Waals surface area contributed by atoms with E-state index in [-0.39, 0.29) is 11.9 Å². The van der Waals surface area contributed by atoms with Crippen molar-refractivity contribution in [2.75, 3.05) is 0 Å². The quantitative estimate of drug-likeness (QED) is 0.160. The molecule has 0 N–H and O–H groups in total. The maximum atomic E-state index is 11.9. The second-order valence-electron chi connectivity index (χ2n) is 7.99. The summed E-state index contributed by atoms with van der Waals surface area (Å²) < 4.78 is 10.3. The fourth-order valence-corrected chi connectivity index (χ4v) is 4.80. The van der Waals surface area contributed by atoms with Gasteiger partial charge in [-0.15, -0.1) is 0 Å². The van der Waals surface area contributed by atoms with E-state index in [0.717, 1.165) is 37.5 Å². The molecule has 2 atom stereocenters. The monoisotopic (exact) mass is 527 g/mol. The van der Waals surface area contributed by atoms with Gasteiger partial charge in [-0.1, -0.05) is 0 Å². The summed E-state index contributed by atoms with van der Waals surface area (Å²) in [6.45, 7) is 8.86. The van der Waals surface area contributed by atoms with Gasteiger partial charge < -0.3 is 0 Å². The van der Waals surface area contributed by atoms with E-state index in [1.165, 1.54) is 25.7 Å². The van der Waals surface area contributed by atoms with Crippen LogP contribution in [0.3, 0.4) is 0 Å². The van der Waals surface area contributed by atoms with Crippen LogP contribution in [0.2, 0.25) is 0 Å². The Morgan fingerprint density at radius 3 is 1.33 bits per heavy atom. The van der Waals surface area contributed by atoms with E-state index in [0.29, 0.717) is 12.8 Å². The van der Waals surface area contributed by atoms with Crippen LogP contribution in [0.25, 0.3) is 0 Å². The Balaban J connectivity index is 3.74. The molecule has 0 aromatic heterocycles. The van der Waals surface area contributed by atoms with E-state index in [9.17, 15) is 9.59 Å². The molecule has 0 aliphatic heterocycles. The van der Waals surface area contributed by atoms with Crippen LogP contribution in [0.5, 0.6) is 0 Å². The van der Waals surface area contributed by atoms with Gasteiger partial charge in [-0.3, -0.25) is 0 Å². The van der Waals surface area contributed by atoms with Crippen molar-refractivity contribution in [3.05, 3.63) is 0 Å². The van der Waals surface area contributed by atoms with Crippen LogP contribution in [0.15, 0.2) is 0 Å². The standard InChI is InChI=1S/2C10H20O2S.Sb/c2*1-8(2)6-4-3-5-7-9(13)10(11)12;/h2*8-9,13H,3-7H2,1-2H3,(H,11,12);/q;;+2/p-2. The van der Waals surface area contributed by atoms with E-state index in [2.05, 4.69) is 53.0 Å². The van der Waals surface area contributed by atoms with Crippen LogP contribution in [0, 0.1) is 11.8 Å². The van der Waals surface area contributed by atoms with E-state index in [4.69, 9.17) is 6.03 Å². The Morgan fingerprint density at radius 2 is 1.00 bits per heavy atom. The molecule has 7 heteroatoms. The summed E-state index contributed by atoms with van der Waals surface area (Å²) in [6, 6.07) is 0. The number of unbranched alkanes of at least 4 members (excludes halogenated alkanes) is 4. The van der Waals surface area contributed by atoms with Crippen LogP contribution >= 0.6 is 25.3 Å². The number of hydrogen-bond donors (Lipinski definition) is 2. The first-order chi connectivity index (χ1) is 12.7. The third kappa shape index (κ3) is 17.1. The van der Waals surface area contributed by atoms with Gasteiger partial charge in [-0.05, 0) is 0 Å². The molecule has 0 amide bonds. The normalized spacial score (nSPS) is 13.6. The van der Waals surface area contributed by atoms with Crippen LogP contribution < -0.4 is 0 Å². The first-order valence-electron chi connectivity index (χ1n) is 10.2. The topological polar surface area (TPSA) is 52.6 Å². The average molecular weight is 528 g/mol. The molecular weight excluding hydrogens is 490 g/mol. The zero-order valence-electron chi connectivity index (χ0n) is 17.4. The summed E-state index contributed by atoms with van der Waals surface area (Å²) >= 11 is 6.86. The Kier molecular flexibility index (Phi) is 17.6. The van der Waals surface area contributed by atoms with Crippen molar-refractivity contribution in [2.45, 2.75) is 102 Å². The van der Waals surface area contributed by atoms with Crippen molar-refractivity contribution in [3.8, 4) is 0 Å². The zero-order chi connectivity index (χ0) is 20.7. The third-order valence-corrected chi connectivity index (χ3v) is 6.71. The van der Waals surface area contributed by atoms with Gasteiger partial charge in [0.1, 0.15) is 0 Å². The molecule has 0 saturated carbocycles. The molecule has 0 spiro atoms. The van der Waals surface area contributed by atoms with Crippen LogP contribution in [-0.4, -0.2) is 44.9 Å². The van der Waals surface area contributed by atoms with Crippen LogP contribution in [0.4, 0.5) is 0 Å². The van der Waals surface area contributed by atoms with Gasteiger partial charge in [0.25, 0.3) is 0 Å². The van der Waals surface area contributed by atoms with Gasteiger partial charge in [-0.25, -0.2) is 0 Å². The minimum absolute atomic E-state index is 0.364. The molecule has 0 aromatic rings. The van der Waals surface area contributed by atoms with E-state index >= 15 is 0 Å². The second-order valence-corrected chi connectivity index (χ2v) is 10.7. The second kappa shape index (κ2) is 17.3. The van der Waals surface area contributed by atoms with Gasteiger partial charge in [0, 0.05) is 0 Å². The fourth-order valence-electron chi connectivity index (χ4n) is 2.58. The van der Waals surface area contributed by atoms with Crippen molar-refractivity contribution >= 4 is 59.7 Å². The minimum atomic E-state index is -1.76. The Hall–Kier alpha value is 0.458. The fraction of sp³-hybridized carbons (Fsp3) is 0.900. The number of hydrogen-bond acceptors (Lipinski definition) is 6. The molecule has 0 heterocycles. The maximum absolute atomic E-state index is 11.9. The number of thiol groups is 2. The summed E-state index contributed by atoms with van der Waals surface area (Å²) in [7, 11) is 0. The molecule has 159 valence electrons. The molecule has 0 aromatic carbocycles. The predicted molar refractivity (Wildman–Crippen MR) is 119 cm³/mol. The van der Waals surface area contributed by atoms with Crippen molar-refractivity contribution in [1.29, 1.82) is 0 Å². The number of rotatable bonds is 16. The average Bonchev–Trinajstić information content (AvgIpc) is 2.59. The van der Waals surface area contributed by atoms with Gasteiger partial charge in [0.05, 0.1) is 0 Å². The van der Waals surface area contributed by atoms with Crippen molar-refractivity contribution in [3.63, 3.8) is 0 Å². The number of carbonyl (C=O) groups is 2. The first-order valence-corrected chi connectivity index (χ1v) is 13.3. The summed E-state index contributed by atoms with van der Waals surface area (Å²) in [5.41, 5.74) is 0. The zero-order valence-corrected chi connectivity index (χ0v) is 21.7. The van der Waals surface area contributed by atoms with E-state index in [1.54, 1.807) is 0 Å². The Morgan fingerprint density at radius 1 is 0.667 bits per heavy atom. The molecular formula is C20H38O4S2Sb. The van der Waals surface area contributed by atoms with Crippen molar-refractivity contribution in [1.82, 2.24) is 0 Å². The SMILES string of the molecule is CC(C)CCCCCC(S)C(=O)[O][Sb][O]C(=O)C(S)CCCCCC(C)C. The number of carbonyl (C=O) groups excluding carboxylic acids is 2. The molecule has 0 saturated heterocycles. The van der Waals surface area contributed by atoms with Crippen LogP contribution in [-0.2, 0) is 15.6 Å². The van der Waals surface area contributed by atoms with Gasteiger partial charge >= 0.3 is 190 Å². The van der Waals surface area contributed by atoms with Gasteiger partial charge in [-0.2, -0.15) is 0 Å². The summed E-state index contributed by atoms with van der Waals surface area (Å²) in [5.74, 6) is 0.713. The third-order valence-electron chi connectivity index (χ3n) is 4.32. The molecule has 4 nitrogen and oxygen atoms in total. The Bertz CT molecular complexity index is 369. The van der Waals surface area contributed by atoms with E-state index < -0.39 is 33.0 Å². The predicted octanol–water partition coefficient (Wildman–Crippen LogP) is 5.42. The van der Waals surface area contributed by atoms with Crippen molar-refractivity contribution < 1.29 is 15.6 Å². The van der Waals surface area contributed by atoms with Crippen molar-refractivity contribution in [2.24, 2.45) is 11.8 Å². The van der Waals surface area contributed by atoms with Crippen LogP contribution in [0.1, 0.15) is 91.9 Å². The van der Waals surface area contributed by atoms with E-state index in [1.807, 2.05) is 0 Å². The molecule has 2 unspecified atom stereocenters. The van der Waals surface area contributed by atoms with Gasteiger partial charge in [0.2, 0.25) is 0 Å². The summed E-state index contributed by atoms with van der Waals surface area (Å²) in [6.07, 6.45) is 10.3.